The van der Waals surface area contributed by atoms with E-state index in [0.717, 1.165) is 62.3 Å². The molecule has 0 spiro atoms. The lowest BCUT2D eigenvalue weighted by atomic mass is 9.97. The van der Waals surface area contributed by atoms with Crippen molar-refractivity contribution in [3.05, 3.63) is 40.6 Å². The van der Waals surface area contributed by atoms with Crippen LogP contribution in [0.25, 0.3) is 5.57 Å². The normalized spacial score (nSPS) is 18.8. The highest BCUT2D eigenvalue weighted by Crippen LogP contribution is 2.34. The van der Waals surface area contributed by atoms with Crippen LogP contribution < -0.4 is 0 Å². The van der Waals surface area contributed by atoms with E-state index >= 15 is 0 Å². The predicted octanol–water partition coefficient (Wildman–Crippen LogP) is 2.82. The molecule has 0 saturated carbocycles. The molecule has 0 bridgehead atoms. The maximum Gasteiger partial charge on any atom is 0.277 e. The van der Waals surface area contributed by atoms with Gasteiger partial charge in [-0.25, -0.2) is 0 Å². The van der Waals surface area contributed by atoms with Gasteiger partial charge in [-0.3, -0.25) is 14.5 Å². The van der Waals surface area contributed by atoms with Gasteiger partial charge in [0.1, 0.15) is 5.70 Å². The van der Waals surface area contributed by atoms with Crippen molar-refractivity contribution >= 4 is 17.4 Å². The monoisotopic (exact) mass is 369 g/mol. The molecule has 1 fully saturated rings. The minimum Gasteiger partial charge on any atom is -0.364 e. The maximum absolute atomic E-state index is 13.2. The number of carbonyl (C=O) groups excluding carboxylic acids is 2. The third-order valence-corrected chi connectivity index (χ3v) is 5.67. The summed E-state index contributed by atoms with van der Waals surface area (Å²) in [6, 6.07) is 6.10. The van der Waals surface area contributed by atoms with Crippen LogP contribution in [0.15, 0.2) is 23.9 Å². The summed E-state index contributed by atoms with van der Waals surface area (Å²) in [4.78, 5) is 32.4. The number of amides is 2. The smallest absolute Gasteiger partial charge is 0.277 e. The third kappa shape index (κ3) is 3.79. The number of aryl methyl sites for hydroxylation is 2. The molecule has 1 aromatic rings. The summed E-state index contributed by atoms with van der Waals surface area (Å²) in [6.45, 7) is 13.3. The molecule has 0 radical (unpaired) electrons. The van der Waals surface area contributed by atoms with E-state index < -0.39 is 0 Å². The summed E-state index contributed by atoms with van der Waals surface area (Å²) in [5.74, 6) is -0.248. The van der Waals surface area contributed by atoms with Gasteiger partial charge in [0.2, 0.25) is 0 Å². The number of hydrogen-bond donors (Lipinski definition) is 0. The van der Waals surface area contributed by atoms with Gasteiger partial charge < -0.3 is 9.80 Å². The van der Waals surface area contributed by atoms with E-state index in [4.69, 9.17) is 0 Å². The number of benzene rings is 1. The molecule has 1 saturated heterocycles. The van der Waals surface area contributed by atoms with Gasteiger partial charge in [-0.2, -0.15) is 0 Å². The highest BCUT2D eigenvalue weighted by atomic mass is 16.2. The fourth-order valence-electron chi connectivity index (χ4n) is 4.00. The zero-order chi connectivity index (χ0) is 19.6. The maximum atomic E-state index is 13.2. The molecule has 3 rings (SSSR count). The number of unbranched alkanes of at least 4 members (excludes halogenated alkanes) is 1. The van der Waals surface area contributed by atoms with Gasteiger partial charge in [0, 0.05) is 32.7 Å². The second-order valence-corrected chi connectivity index (χ2v) is 7.58. The van der Waals surface area contributed by atoms with Crippen LogP contribution in [0, 0.1) is 13.8 Å². The summed E-state index contributed by atoms with van der Waals surface area (Å²) >= 11 is 0. The SMILES string of the molecule is CCCCN1C(=O)C(c2ccc(C)cc2C)=C(N2CCN(CC)CC2)C1=O. The number of piperazine rings is 1. The summed E-state index contributed by atoms with van der Waals surface area (Å²) in [5, 5.41) is 0. The fourth-order valence-corrected chi connectivity index (χ4v) is 4.00. The molecule has 0 aliphatic carbocycles. The molecule has 1 aromatic carbocycles. The van der Waals surface area contributed by atoms with Crippen molar-refractivity contribution in [2.45, 2.75) is 40.5 Å². The predicted molar refractivity (Wildman–Crippen MR) is 108 cm³/mol. The van der Waals surface area contributed by atoms with Crippen LogP contribution in [0.4, 0.5) is 0 Å². The second kappa shape index (κ2) is 8.26. The lowest BCUT2D eigenvalue weighted by Gasteiger charge is -2.36. The molecule has 2 aliphatic heterocycles. The Morgan fingerprint density at radius 3 is 2.26 bits per heavy atom. The van der Waals surface area contributed by atoms with Crippen LogP contribution in [0.3, 0.4) is 0 Å². The van der Waals surface area contributed by atoms with Crippen molar-refractivity contribution in [3.63, 3.8) is 0 Å². The molecule has 2 aliphatic rings. The molecule has 5 nitrogen and oxygen atoms in total. The molecule has 0 aromatic heterocycles. The van der Waals surface area contributed by atoms with E-state index in [1.165, 1.54) is 4.90 Å². The summed E-state index contributed by atoms with van der Waals surface area (Å²) < 4.78 is 0. The molecule has 2 amide bonds. The summed E-state index contributed by atoms with van der Waals surface area (Å²) in [7, 11) is 0. The van der Waals surface area contributed by atoms with Crippen molar-refractivity contribution in [2.24, 2.45) is 0 Å². The van der Waals surface area contributed by atoms with Crippen LogP contribution in [0.5, 0.6) is 0 Å². The molecular weight excluding hydrogens is 338 g/mol. The van der Waals surface area contributed by atoms with E-state index in [0.29, 0.717) is 17.8 Å². The van der Waals surface area contributed by atoms with Gasteiger partial charge in [0.05, 0.1) is 5.57 Å². The van der Waals surface area contributed by atoms with Gasteiger partial charge in [-0.15, -0.1) is 0 Å². The van der Waals surface area contributed by atoms with Gasteiger partial charge >= 0.3 is 0 Å². The average molecular weight is 370 g/mol. The van der Waals surface area contributed by atoms with Gasteiger partial charge in [0.25, 0.3) is 11.8 Å². The van der Waals surface area contributed by atoms with Crippen LogP contribution in [-0.2, 0) is 9.59 Å². The summed E-state index contributed by atoms with van der Waals surface area (Å²) in [5.41, 5.74) is 4.31. The first-order valence-corrected chi connectivity index (χ1v) is 10.1. The quantitative estimate of drug-likeness (QED) is 0.724. The fraction of sp³-hybridized carbons (Fsp3) is 0.545. The molecule has 146 valence electrons. The van der Waals surface area contributed by atoms with Crippen LogP contribution in [0.2, 0.25) is 0 Å². The Balaban J connectivity index is 2.02. The van der Waals surface area contributed by atoms with E-state index in [1.54, 1.807) is 0 Å². The van der Waals surface area contributed by atoms with Crippen LogP contribution >= 0.6 is 0 Å². The van der Waals surface area contributed by atoms with Gasteiger partial charge in [-0.1, -0.05) is 44.0 Å². The average Bonchev–Trinajstić information content (AvgIpc) is 2.90. The van der Waals surface area contributed by atoms with Gasteiger partial charge in [0.15, 0.2) is 0 Å². The molecule has 5 heteroatoms. The van der Waals surface area contributed by atoms with Crippen molar-refractivity contribution in [1.82, 2.24) is 14.7 Å². The lowest BCUT2D eigenvalue weighted by Crippen LogP contribution is -2.47. The van der Waals surface area contributed by atoms with Crippen molar-refractivity contribution < 1.29 is 9.59 Å². The number of imide groups is 1. The molecule has 0 N–H and O–H groups in total. The Hall–Kier alpha value is -2.14. The van der Waals surface area contributed by atoms with Crippen LogP contribution in [0.1, 0.15) is 43.4 Å². The zero-order valence-electron chi connectivity index (χ0n) is 17.0. The largest absolute Gasteiger partial charge is 0.364 e. The van der Waals surface area contributed by atoms with E-state index in [2.05, 4.69) is 29.7 Å². The van der Waals surface area contributed by atoms with Gasteiger partial charge in [-0.05, 0) is 37.9 Å². The van der Waals surface area contributed by atoms with E-state index in [-0.39, 0.29) is 11.8 Å². The topological polar surface area (TPSA) is 43.9 Å². The highest BCUT2D eigenvalue weighted by Gasteiger charge is 2.42. The van der Waals surface area contributed by atoms with Crippen LogP contribution in [-0.4, -0.2) is 65.8 Å². The Morgan fingerprint density at radius 2 is 1.67 bits per heavy atom. The first-order chi connectivity index (χ1) is 13.0. The zero-order valence-corrected chi connectivity index (χ0v) is 17.0. The highest BCUT2D eigenvalue weighted by molar-refractivity contribution is 6.35. The van der Waals surface area contributed by atoms with Crippen molar-refractivity contribution in [3.8, 4) is 0 Å². The number of likely N-dealkylation sites (N-methyl/N-ethyl adjacent to an activating group) is 1. The standard InChI is InChI=1S/C22H31N3O2/c1-5-7-10-25-21(26)19(18-9-8-16(3)15-17(18)4)20(22(25)27)24-13-11-23(6-2)12-14-24/h8-9,15H,5-7,10-14H2,1-4H3. The first kappa shape index (κ1) is 19.6. The minimum absolute atomic E-state index is 0.117. The Morgan fingerprint density at radius 1 is 0.963 bits per heavy atom. The molecule has 0 atom stereocenters. The lowest BCUT2D eigenvalue weighted by molar-refractivity contribution is -0.137. The Labute approximate surface area is 162 Å². The molecule has 0 unspecified atom stereocenters. The molecular formula is C22H31N3O2. The number of hydrogen-bond acceptors (Lipinski definition) is 4. The first-order valence-electron chi connectivity index (χ1n) is 10.1. The summed E-state index contributed by atoms with van der Waals surface area (Å²) in [6.07, 6.45) is 1.80. The van der Waals surface area contributed by atoms with Crippen molar-refractivity contribution in [2.75, 3.05) is 39.3 Å². The molecule has 27 heavy (non-hydrogen) atoms. The van der Waals surface area contributed by atoms with E-state index in [1.807, 2.05) is 26.0 Å². The number of rotatable bonds is 6. The number of carbonyl (C=O) groups is 2. The Kier molecular flexibility index (Phi) is 6.00. The second-order valence-electron chi connectivity index (χ2n) is 7.58. The van der Waals surface area contributed by atoms with Crippen molar-refractivity contribution in [1.29, 1.82) is 0 Å². The molecule has 2 heterocycles. The minimum atomic E-state index is -0.131. The number of nitrogens with zero attached hydrogens (tertiary/aromatic N) is 3. The Bertz CT molecular complexity index is 761. The van der Waals surface area contributed by atoms with E-state index in [9.17, 15) is 9.59 Å². The third-order valence-electron chi connectivity index (χ3n) is 5.67.